The van der Waals surface area contributed by atoms with E-state index < -0.39 is 0 Å². The summed E-state index contributed by atoms with van der Waals surface area (Å²) in [6.45, 7) is 4.17. The van der Waals surface area contributed by atoms with E-state index in [1.165, 1.54) is 0 Å². The molecule has 0 unspecified atom stereocenters. The van der Waals surface area contributed by atoms with E-state index in [4.69, 9.17) is 22.6 Å². The van der Waals surface area contributed by atoms with Crippen molar-refractivity contribution in [3.8, 4) is 6.07 Å². The normalized spacial score (nSPS) is 9.73. The molecule has 0 aliphatic heterocycles. The average Bonchev–Trinajstić information content (AvgIpc) is 2.26. The molecule has 1 aromatic rings. The van der Waals surface area contributed by atoms with Crippen LogP contribution in [0.5, 0.6) is 0 Å². The van der Waals surface area contributed by atoms with Gasteiger partial charge in [0.15, 0.2) is 0 Å². The molecule has 2 N–H and O–H groups in total. The Hall–Kier alpha value is -1.24. The number of nitrogens with zero attached hydrogens (tertiary/aromatic N) is 2. The molecule has 15 heavy (non-hydrogen) atoms. The zero-order valence-electron chi connectivity index (χ0n) is 8.70. The summed E-state index contributed by atoms with van der Waals surface area (Å²) in [7, 11) is 0. The fourth-order valence-electron chi connectivity index (χ4n) is 1.48. The van der Waals surface area contributed by atoms with Crippen LogP contribution in [0.15, 0.2) is 18.2 Å². The van der Waals surface area contributed by atoms with Crippen molar-refractivity contribution in [1.29, 1.82) is 5.26 Å². The molecule has 0 saturated carbocycles. The van der Waals surface area contributed by atoms with Gasteiger partial charge in [-0.05, 0) is 25.1 Å². The summed E-state index contributed by atoms with van der Waals surface area (Å²) < 4.78 is 0. The lowest BCUT2D eigenvalue weighted by Crippen LogP contribution is -2.29. The number of hydrogen-bond acceptors (Lipinski definition) is 3. The minimum Gasteiger partial charge on any atom is -0.369 e. The maximum Gasteiger partial charge on any atom is 0.101 e. The summed E-state index contributed by atoms with van der Waals surface area (Å²) in [5.74, 6) is 0. The molecule has 0 radical (unpaired) electrons. The van der Waals surface area contributed by atoms with Crippen LogP contribution in [0.3, 0.4) is 0 Å². The SMILES string of the molecule is CCN(CCN)c1ccc(Cl)cc1C#N. The van der Waals surface area contributed by atoms with Crippen LogP contribution in [0.1, 0.15) is 12.5 Å². The van der Waals surface area contributed by atoms with Crippen LogP contribution in [0.2, 0.25) is 5.02 Å². The third kappa shape index (κ3) is 2.85. The Morgan fingerprint density at radius 2 is 2.27 bits per heavy atom. The van der Waals surface area contributed by atoms with Crippen LogP contribution in [0, 0.1) is 11.3 Å². The van der Waals surface area contributed by atoms with E-state index in [9.17, 15) is 0 Å². The first kappa shape index (κ1) is 11.8. The minimum atomic E-state index is 0.571. The number of benzene rings is 1. The van der Waals surface area contributed by atoms with Crippen LogP contribution < -0.4 is 10.6 Å². The van der Waals surface area contributed by atoms with E-state index in [-0.39, 0.29) is 0 Å². The van der Waals surface area contributed by atoms with Gasteiger partial charge in [0, 0.05) is 24.7 Å². The second kappa shape index (κ2) is 5.59. The van der Waals surface area contributed by atoms with Crippen molar-refractivity contribution in [3.63, 3.8) is 0 Å². The first-order chi connectivity index (χ1) is 7.22. The molecule has 0 aliphatic rings. The van der Waals surface area contributed by atoms with Gasteiger partial charge in [0.1, 0.15) is 6.07 Å². The monoisotopic (exact) mass is 223 g/mol. The van der Waals surface area contributed by atoms with Gasteiger partial charge < -0.3 is 10.6 Å². The second-order valence-corrected chi connectivity index (χ2v) is 3.58. The minimum absolute atomic E-state index is 0.571. The highest BCUT2D eigenvalue weighted by Gasteiger charge is 2.09. The van der Waals surface area contributed by atoms with Gasteiger partial charge >= 0.3 is 0 Å². The molecule has 0 spiro atoms. The largest absolute Gasteiger partial charge is 0.369 e. The molecule has 4 heteroatoms. The smallest absolute Gasteiger partial charge is 0.101 e. The van der Waals surface area contributed by atoms with Crippen molar-refractivity contribution in [2.75, 3.05) is 24.5 Å². The number of hydrogen-bond donors (Lipinski definition) is 1. The Labute approximate surface area is 95.1 Å². The molecule has 0 amide bonds. The Morgan fingerprint density at radius 1 is 1.53 bits per heavy atom. The Bertz CT molecular complexity index is 371. The maximum atomic E-state index is 8.99. The second-order valence-electron chi connectivity index (χ2n) is 3.14. The van der Waals surface area contributed by atoms with Crippen molar-refractivity contribution >= 4 is 17.3 Å². The molecule has 1 aromatic carbocycles. The summed E-state index contributed by atoms with van der Waals surface area (Å²) >= 11 is 5.83. The molecule has 0 aromatic heterocycles. The summed E-state index contributed by atoms with van der Waals surface area (Å²) in [6.07, 6.45) is 0. The molecule has 1 rings (SSSR count). The predicted molar refractivity (Wildman–Crippen MR) is 63.1 cm³/mol. The van der Waals surface area contributed by atoms with Crippen LogP contribution in [0.25, 0.3) is 0 Å². The molecule has 0 saturated heterocycles. The van der Waals surface area contributed by atoms with Gasteiger partial charge in [0.25, 0.3) is 0 Å². The van der Waals surface area contributed by atoms with E-state index in [1.807, 2.05) is 13.0 Å². The van der Waals surface area contributed by atoms with E-state index in [0.717, 1.165) is 18.8 Å². The summed E-state index contributed by atoms with van der Waals surface area (Å²) in [5, 5.41) is 9.57. The first-order valence-corrected chi connectivity index (χ1v) is 5.25. The highest BCUT2D eigenvalue weighted by atomic mass is 35.5. The first-order valence-electron chi connectivity index (χ1n) is 4.87. The number of anilines is 1. The number of halogens is 1. The summed E-state index contributed by atoms with van der Waals surface area (Å²) in [5.41, 5.74) is 7.01. The van der Waals surface area contributed by atoms with Crippen molar-refractivity contribution < 1.29 is 0 Å². The number of rotatable bonds is 4. The van der Waals surface area contributed by atoms with E-state index in [1.54, 1.807) is 12.1 Å². The van der Waals surface area contributed by atoms with Gasteiger partial charge in [-0.3, -0.25) is 0 Å². The van der Waals surface area contributed by atoms with Gasteiger partial charge in [-0.15, -0.1) is 0 Å². The molecule has 0 heterocycles. The molecule has 0 aliphatic carbocycles. The fraction of sp³-hybridized carbons (Fsp3) is 0.364. The average molecular weight is 224 g/mol. The lowest BCUT2D eigenvalue weighted by atomic mass is 10.1. The molecule has 0 fully saturated rings. The van der Waals surface area contributed by atoms with Crippen molar-refractivity contribution in [3.05, 3.63) is 28.8 Å². The fourth-order valence-corrected chi connectivity index (χ4v) is 1.65. The Balaban J connectivity index is 3.06. The zero-order valence-corrected chi connectivity index (χ0v) is 9.46. The van der Waals surface area contributed by atoms with E-state index in [0.29, 0.717) is 17.1 Å². The Morgan fingerprint density at radius 3 is 2.80 bits per heavy atom. The van der Waals surface area contributed by atoms with E-state index in [2.05, 4.69) is 11.0 Å². The summed E-state index contributed by atoms with van der Waals surface area (Å²) in [4.78, 5) is 2.06. The highest BCUT2D eigenvalue weighted by Crippen LogP contribution is 2.23. The molecular weight excluding hydrogens is 210 g/mol. The zero-order chi connectivity index (χ0) is 11.3. The quantitative estimate of drug-likeness (QED) is 0.850. The van der Waals surface area contributed by atoms with Crippen LogP contribution in [-0.4, -0.2) is 19.6 Å². The lowest BCUT2D eigenvalue weighted by molar-refractivity contribution is 0.815. The van der Waals surface area contributed by atoms with Crippen molar-refractivity contribution in [2.45, 2.75) is 6.92 Å². The number of likely N-dealkylation sites (N-methyl/N-ethyl adjacent to an activating group) is 1. The van der Waals surface area contributed by atoms with Crippen molar-refractivity contribution in [1.82, 2.24) is 0 Å². The van der Waals surface area contributed by atoms with E-state index >= 15 is 0 Å². The topological polar surface area (TPSA) is 53.0 Å². The van der Waals surface area contributed by atoms with Crippen LogP contribution in [0.4, 0.5) is 5.69 Å². The molecule has 3 nitrogen and oxygen atoms in total. The van der Waals surface area contributed by atoms with Gasteiger partial charge in [-0.25, -0.2) is 0 Å². The standard InChI is InChI=1S/C11H14ClN3/c1-2-15(6-5-13)11-4-3-10(12)7-9(11)8-14/h3-4,7H,2,5-6,13H2,1H3. The van der Waals surface area contributed by atoms with Gasteiger partial charge in [-0.2, -0.15) is 5.26 Å². The molecule has 80 valence electrons. The lowest BCUT2D eigenvalue weighted by Gasteiger charge is -2.23. The highest BCUT2D eigenvalue weighted by molar-refractivity contribution is 6.30. The van der Waals surface area contributed by atoms with Crippen molar-refractivity contribution in [2.24, 2.45) is 5.73 Å². The van der Waals surface area contributed by atoms with Gasteiger partial charge in [0.05, 0.1) is 11.3 Å². The number of nitrogens with two attached hydrogens (primary N) is 1. The maximum absolute atomic E-state index is 8.99. The van der Waals surface area contributed by atoms with Crippen LogP contribution >= 0.6 is 11.6 Å². The predicted octanol–water partition coefficient (Wildman–Crippen LogP) is 2.00. The Kier molecular flexibility index (Phi) is 4.41. The third-order valence-electron chi connectivity index (χ3n) is 2.20. The molecule has 0 bridgehead atoms. The van der Waals surface area contributed by atoms with Crippen LogP contribution in [-0.2, 0) is 0 Å². The number of nitriles is 1. The van der Waals surface area contributed by atoms with Gasteiger partial charge in [-0.1, -0.05) is 11.6 Å². The molecular formula is C11H14ClN3. The van der Waals surface area contributed by atoms with Gasteiger partial charge in [0.2, 0.25) is 0 Å². The third-order valence-corrected chi connectivity index (χ3v) is 2.44. The molecule has 0 atom stereocenters. The summed E-state index contributed by atoms with van der Waals surface area (Å²) in [6, 6.07) is 7.47.